The molecule has 18 heavy (non-hydrogen) atoms. The monoisotopic (exact) mass is 270 g/mol. The molecule has 0 aliphatic rings. The van der Waals surface area contributed by atoms with Crippen LogP contribution in [0.1, 0.15) is 37.6 Å². The van der Waals surface area contributed by atoms with Crippen LogP contribution in [0.5, 0.6) is 0 Å². The molecule has 1 heterocycles. The molecule has 0 unspecified atom stereocenters. The van der Waals surface area contributed by atoms with E-state index in [1.54, 1.807) is 17.3 Å². The van der Waals surface area contributed by atoms with Gasteiger partial charge in [0.1, 0.15) is 5.00 Å². The molecule has 2 amide bonds. The van der Waals surface area contributed by atoms with E-state index >= 15 is 0 Å². The van der Waals surface area contributed by atoms with Crippen molar-refractivity contribution in [1.29, 1.82) is 0 Å². The molecule has 0 radical (unpaired) electrons. The number of nitrogens with zero attached hydrogens (tertiary/aromatic N) is 1. The SMILES string of the molecule is CCC(C)(C)N(C)C(=O)Nc1sccc1C(=O)O. The van der Waals surface area contributed by atoms with Gasteiger partial charge in [-0.3, -0.25) is 5.32 Å². The number of hydrogen-bond donors (Lipinski definition) is 2. The summed E-state index contributed by atoms with van der Waals surface area (Å²) in [6.07, 6.45) is 0.813. The van der Waals surface area contributed by atoms with Gasteiger partial charge in [-0.25, -0.2) is 9.59 Å². The number of anilines is 1. The lowest BCUT2D eigenvalue weighted by Crippen LogP contribution is -2.46. The maximum Gasteiger partial charge on any atom is 0.338 e. The summed E-state index contributed by atoms with van der Waals surface area (Å²) in [6.45, 7) is 5.91. The number of nitrogens with one attached hydrogen (secondary N) is 1. The Morgan fingerprint density at radius 2 is 2.11 bits per heavy atom. The van der Waals surface area contributed by atoms with Gasteiger partial charge in [-0.2, -0.15) is 0 Å². The Kier molecular flexibility index (Phi) is 4.34. The van der Waals surface area contributed by atoms with E-state index in [-0.39, 0.29) is 17.1 Å². The average molecular weight is 270 g/mol. The van der Waals surface area contributed by atoms with Crippen LogP contribution < -0.4 is 5.32 Å². The van der Waals surface area contributed by atoms with Gasteiger partial charge in [0, 0.05) is 12.6 Å². The molecule has 0 aromatic carbocycles. The first-order valence-electron chi connectivity index (χ1n) is 5.65. The van der Waals surface area contributed by atoms with Gasteiger partial charge in [-0.1, -0.05) is 6.92 Å². The largest absolute Gasteiger partial charge is 0.478 e. The smallest absolute Gasteiger partial charge is 0.338 e. The molecule has 0 bridgehead atoms. The number of carboxylic acids is 1. The minimum absolute atomic E-state index is 0.121. The number of carboxylic acid groups (broad SMARTS) is 1. The van der Waals surface area contributed by atoms with E-state index in [1.807, 2.05) is 20.8 Å². The Balaban J connectivity index is 2.82. The predicted molar refractivity (Wildman–Crippen MR) is 72.4 cm³/mol. The molecule has 0 spiro atoms. The number of rotatable bonds is 4. The van der Waals surface area contributed by atoms with Crippen LogP contribution in [-0.4, -0.2) is 34.6 Å². The van der Waals surface area contributed by atoms with Crippen LogP contribution in [0.15, 0.2) is 11.4 Å². The Morgan fingerprint density at radius 1 is 1.50 bits per heavy atom. The molecular formula is C12H18N2O3S. The highest BCUT2D eigenvalue weighted by Crippen LogP contribution is 2.25. The molecule has 100 valence electrons. The fraction of sp³-hybridized carbons (Fsp3) is 0.500. The number of hydrogen-bond acceptors (Lipinski definition) is 3. The van der Waals surface area contributed by atoms with Gasteiger partial charge >= 0.3 is 12.0 Å². The molecule has 0 fully saturated rings. The molecule has 0 saturated heterocycles. The molecular weight excluding hydrogens is 252 g/mol. The normalized spacial score (nSPS) is 11.1. The molecule has 0 atom stereocenters. The van der Waals surface area contributed by atoms with Crippen LogP contribution in [-0.2, 0) is 0 Å². The third-order valence-electron chi connectivity index (χ3n) is 3.19. The first-order chi connectivity index (χ1) is 8.29. The summed E-state index contributed by atoms with van der Waals surface area (Å²) < 4.78 is 0. The molecule has 0 aliphatic heterocycles. The Bertz CT molecular complexity index is 454. The topological polar surface area (TPSA) is 69.6 Å². The summed E-state index contributed by atoms with van der Waals surface area (Å²) in [7, 11) is 1.70. The van der Waals surface area contributed by atoms with E-state index in [0.29, 0.717) is 5.00 Å². The first-order valence-corrected chi connectivity index (χ1v) is 6.53. The standard InChI is InChI=1S/C12H18N2O3S/c1-5-12(2,3)14(4)11(17)13-9-8(10(15)16)6-7-18-9/h6-7H,5H2,1-4H3,(H,13,17)(H,15,16). The fourth-order valence-electron chi connectivity index (χ4n) is 1.27. The van der Waals surface area contributed by atoms with Gasteiger partial charge in [0.25, 0.3) is 0 Å². The zero-order valence-electron chi connectivity index (χ0n) is 11.0. The molecule has 1 aromatic heterocycles. The van der Waals surface area contributed by atoms with Gasteiger partial charge in [0.15, 0.2) is 0 Å². The third kappa shape index (κ3) is 3.01. The van der Waals surface area contributed by atoms with Crippen LogP contribution in [0.3, 0.4) is 0 Å². The van der Waals surface area contributed by atoms with Gasteiger partial charge in [-0.05, 0) is 31.7 Å². The molecule has 1 aromatic rings. The summed E-state index contributed by atoms with van der Waals surface area (Å²) in [6, 6.07) is 1.18. The Hall–Kier alpha value is -1.56. The lowest BCUT2D eigenvalue weighted by molar-refractivity contribution is 0.0698. The highest BCUT2D eigenvalue weighted by Gasteiger charge is 2.26. The van der Waals surface area contributed by atoms with Crippen molar-refractivity contribution in [3.05, 3.63) is 17.0 Å². The van der Waals surface area contributed by atoms with E-state index in [1.165, 1.54) is 17.4 Å². The second-order valence-corrected chi connectivity index (χ2v) is 5.54. The lowest BCUT2D eigenvalue weighted by atomic mass is 10.0. The summed E-state index contributed by atoms with van der Waals surface area (Å²) in [5, 5.41) is 13.6. The quantitative estimate of drug-likeness (QED) is 0.883. The number of urea groups is 1. The van der Waals surface area contributed by atoms with E-state index < -0.39 is 5.97 Å². The van der Waals surface area contributed by atoms with Crippen molar-refractivity contribution >= 4 is 28.3 Å². The third-order valence-corrected chi connectivity index (χ3v) is 4.02. The van der Waals surface area contributed by atoms with Crippen LogP contribution in [0.2, 0.25) is 0 Å². The molecule has 1 rings (SSSR count). The zero-order valence-corrected chi connectivity index (χ0v) is 11.8. The first kappa shape index (κ1) is 14.5. The summed E-state index contributed by atoms with van der Waals surface area (Å²) in [5.74, 6) is -1.04. The highest BCUT2D eigenvalue weighted by molar-refractivity contribution is 7.14. The minimum Gasteiger partial charge on any atom is -0.478 e. The summed E-state index contributed by atoms with van der Waals surface area (Å²) in [4.78, 5) is 24.5. The molecule has 5 nitrogen and oxygen atoms in total. The van der Waals surface area contributed by atoms with E-state index in [0.717, 1.165) is 6.42 Å². The number of amides is 2. The van der Waals surface area contributed by atoms with Crippen molar-refractivity contribution in [2.45, 2.75) is 32.7 Å². The van der Waals surface area contributed by atoms with Gasteiger partial charge in [0.05, 0.1) is 5.56 Å². The number of carbonyl (C=O) groups excluding carboxylic acids is 1. The van der Waals surface area contributed by atoms with Crippen molar-refractivity contribution in [3.8, 4) is 0 Å². The molecule has 0 aliphatic carbocycles. The number of thiophene rings is 1. The van der Waals surface area contributed by atoms with Crippen molar-refractivity contribution in [3.63, 3.8) is 0 Å². The molecule has 0 saturated carbocycles. The molecule has 6 heteroatoms. The maximum absolute atomic E-state index is 12.0. The van der Waals surface area contributed by atoms with Crippen LogP contribution in [0, 0.1) is 0 Å². The summed E-state index contributed by atoms with van der Waals surface area (Å²) in [5.41, 5.74) is -0.152. The van der Waals surface area contributed by atoms with E-state index in [2.05, 4.69) is 5.32 Å². The van der Waals surface area contributed by atoms with Crippen molar-refractivity contribution in [2.75, 3.05) is 12.4 Å². The fourth-order valence-corrected chi connectivity index (χ4v) is 2.04. The van der Waals surface area contributed by atoms with E-state index in [9.17, 15) is 9.59 Å². The lowest BCUT2D eigenvalue weighted by Gasteiger charge is -2.34. The minimum atomic E-state index is -1.04. The van der Waals surface area contributed by atoms with Crippen molar-refractivity contribution in [2.24, 2.45) is 0 Å². The Labute approximate surface area is 110 Å². The summed E-state index contributed by atoms with van der Waals surface area (Å²) >= 11 is 1.20. The number of carbonyl (C=O) groups is 2. The van der Waals surface area contributed by atoms with Crippen LogP contribution in [0.25, 0.3) is 0 Å². The van der Waals surface area contributed by atoms with Gasteiger partial charge in [0.2, 0.25) is 0 Å². The Morgan fingerprint density at radius 3 is 2.61 bits per heavy atom. The predicted octanol–water partition coefficient (Wildman–Crippen LogP) is 3.10. The zero-order chi connectivity index (χ0) is 13.9. The average Bonchev–Trinajstić information content (AvgIpc) is 2.76. The second-order valence-electron chi connectivity index (χ2n) is 4.62. The molecule has 2 N–H and O–H groups in total. The van der Waals surface area contributed by atoms with Crippen LogP contribution in [0.4, 0.5) is 9.80 Å². The van der Waals surface area contributed by atoms with Crippen LogP contribution >= 0.6 is 11.3 Å². The maximum atomic E-state index is 12.0. The number of aromatic carboxylic acids is 1. The van der Waals surface area contributed by atoms with Crippen molar-refractivity contribution < 1.29 is 14.7 Å². The van der Waals surface area contributed by atoms with E-state index in [4.69, 9.17) is 5.11 Å². The van der Waals surface area contributed by atoms with Crippen molar-refractivity contribution in [1.82, 2.24) is 4.90 Å². The second kappa shape index (κ2) is 5.39. The van der Waals surface area contributed by atoms with Gasteiger partial charge in [-0.15, -0.1) is 11.3 Å². The highest BCUT2D eigenvalue weighted by atomic mass is 32.1. The van der Waals surface area contributed by atoms with Gasteiger partial charge < -0.3 is 10.0 Å².